The van der Waals surface area contributed by atoms with E-state index in [1.165, 1.54) is 12.7 Å². The van der Waals surface area contributed by atoms with Gasteiger partial charge in [0.1, 0.15) is 6.04 Å². The molecule has 1 aliphatic carbocycles. The molecule has 4 N–H and O–H groups in total. The first-order valence-electron chi connectivity index (χ1n) is 11.9. The number of benzene rings is 2. The number of hydrogen-bond acceptors (Lipinski definition) is 5. The van der Waals surface area contributed by atoms with Gasteiger partial charge in [0.05, 0.1) is 41.0 Å². The first kappa shape index (κ1) is 27.6. The van der Waals surface area contributed by atoms with Crippen LogP contribution in [0.5, 0.6) is 0 Å². The highest BCUT2D eigenvalue weighted by molar-refractivity contribution is 6.41. The lowest BCUT2D eigenvalue weighted by Crippen LogP contribution is -2.51. The summed E-state index contributed by atoms with van der Waals surface area (Å²) in [7, 11) is 1.20. The number of urea groups is 1. The van der Waals surface area contributed by atoms with Crippen LogP contribution >= 0.6 is 23.2 Å². The minimum Gasteiger partial charge on any atom is -0.467 e. The summed E-state index contributed by atoms with van der Waals surface area (Å²) in [5.41, 5.74) is 2.89. The van der Waals surface area contributed by atoms with Crippen molar-refractivity contribution < 1.29 is 19.1 Å². The molecule has 0 aliphatic heterocycles. The summed E-state index contributed by atoms with van der Waals surface area (Å²) in [6.07, 6.45) is 2.60. The molecule has 3 amide bonds. The minimum atomic E-state index is -1.14. The maximum Gasteiger partial charge on any atom is 0.330 e. The smallest absolute Gasteiger partial charge is 0.330 e. The molecule has 0 spiro atoms. The quantitative estimate of drug-likeness (QED) is 0.330. The predicted octanol–water partition coefficient (Wildman–Crippen LogP) is 4.71. The zero-order valence-corrected chi connectivity index (χ0v) is 22.1. The molecule has 0 saturated heterocycles. The Hall–Kier alpha value is -2.97. The van der Waals surface area contributed by atoms with E-state index in [-0.39, 0.29) is 28.2 Å². The van der Waals surface area contributed by atoms with Crippen LogP contribution in [0, 0.1) is 5.92 Å². The molecule has 0 saturated carbocycles. The highest BCUT2D eigenvalue weighted by Gasteiger charge is 2.27. The van der Waals surface area contributed by atoms with E-state index in [0.717, 1.165) is 24.8 Å². The Labute approximate surface area is 221 Å². The first-order valence-corrected chi connectivity index (χ1v) is 12.7. The number of amides is 3. The number of esters is 1. The number of halogens is 2. The summed E-state index contributed by atoms with van der Waals surface area (Å²) >= 11 is 12.8. The van der Waals surface area contributed by atoms with E-state index >= 15 is 0 Å². The van der Waals surface area contributed by atoms with Crippen LogP contribution in [0.15, 0.2) is 36.4 Å². The highest BCUT2D eigenvalue weighted by Crippen LogP contribution is 2.32. The van der Waals surface area contributed by atoms with Gasteiger partial charge in [-0.2, -0.15) is 0 Å². The van der Waals surface area contributed by atoms with Crippen LogP contribution in [0.2, 0.25) is 10.0 Å². The number of fused-ring (bicyclic) bond motifs is 1. The zero-order chi connectivity index (χ0) is 26.2. The second-order valence-corrected chi connectivity index (χ2v) is 9.87. The van der Waals surface area contributed by atoms with Gasteiger partial charge in [0.25, 0.3) is 5.91 Å². The molecular weight excluding hydrogens is 503 g/mol. The summed E-state index contributed by atoms with van der Waals surface area (Å²) < 4.78 is 4.82. The van der Waals surface area contributed by atoms with Gasteiger partial charge < -0.3 is 26.0 Å². The number of aryl methyl sites for hydroxylation is 1. The van der Waals surface area contributed by atoms with Crippen molar-refractivity contribution in [3.8, 4) is 0 Å². The van der Waals surface area contributed by atoms with Gasteiger partial charge in [-0.1, -0.05) is 61.3 Å². The van der Waals surface area contributed by atoms with E-state index < -0.39 is 23.9 Å². The third-order valence-corrected chi connectivity index (χ3v) is 6.76. The molecule has 8 nitrogen and oxygen atoms in total. The third-order valence-electron chi connectivity index (χ3n) is 6.05. The normalized spacial score (nSPS) is 15.1. The standard InChI is InChI=1S/C26H32Cl2N4O4/c1-15(2)12-13-29-20-11-9-18(27)22(23(20)28)24(33)31-21(25(34)36-3)14-30-26(35)32-19-10-8-16-6-4-5-7-17(16)19/h4-7,9,11,15,19,21,29H,8,10,12-14H2,1-3H3,(H,31,33)(H2,30,32,35)/t19-,21?/m1/s1. The topological polar surface area (TPSA) is 109 Å². The number of rotatable bonds is 10. The van der Waals surface area contributed by atoms with Crippen LogP contribution in [-0.2, 0) is 16.0 Å². The molecule has 0 heterocycles. The number of hydrogen-bond donors (Lipinski definition) is 4. The number of carbonyl (C=O) groups is 3. The molecule has 0 radical (unpaired) electrons. The van der Waals surface area contributed by atoms with Gasteiger partial charge in [-0.05, 0) is 48.4 Å². The lowest BCUT2D eigenvalue weighted by atomic mass is 10.1. The number of carbonyl (C=O) groups excluding carboxylic acids is 3. The largest absolute Gasteiger partial charge is 0.467 e. The van der Waals surface area contributed by atoms with E-state index in [1.54, 1.807) is 12.1 Å². The van der Waals surface area contributed by atoms with Crippen molar-refractivity contribution in [2.24, 2.45) is 5.92 Å². The van der Waals surface area contributed by atoms with Gasteiger partial charge in [-0.3, -0.25) is 4.79 Å². The maximum absolute atomic E-state index is 13.1. The van der Waals surface area contributed by atoms with Crippen LogP contribution in [0.1, 0.15) is 54.2 Å². The molecule has 0 fully saturated rings. The van der Waals surface area contributed by atoms with E-state index in [9.17, 15) is 14.4 Å². The molecule has 1 aliphatic rings. The SMILES string of the molecule is COC(=O)C(CNC(=O)N[C@@H]1CCc2ccccc21)NC(=O)c1c(Cl)ccc(NCCC(C)C)c1Cl. The number of anilines is 1. The molecular formula is C26H32Cl2N4O4. The van der Waals surface area contributed by atoms with Crippen LogP contribution in [0.3, 0.4) is 0 Å². The van der Waals surface area contributed by atoms with Crippen molar-refractivity contribution in [1.29, 1.82) is 0 Å². The molecule has 2 aromatic rings. The van der Waals surface area contributed by atoms with E-state index in [4.69, 9.17) is 27.9 Å². The Bertz CT molecular complexity index is 1110. The molecule has 36 heavy (non-hydrogen) atoms. The Morgan fingerprint density at radius 1 is 1.11 bits per heavy atom. The van der Waals surface area contributed by atoms with Gasteiger partial charge in [0, 0.05) is 6.54 Å². The minimum absolute atomic E-state index is 0.0359. The highest BCUT2D eigenvalue weighted by atomic mass is 35.5. The fourth-order valence-corrected chi connectivity index (χ4v) is 4.68. The summed E-state index contributed by atoms with van der Waals surface area (Å²) in [6, 6.07) is 9.50. The van der Waals surface area contributed by atoms with Gasteiger partial charge in [-0.25, -0.2) is 9.59 Å². The number of methoxy groups -OCH3 is 1. The Morgan fingerprint density at radius 2 is 1.86 bits per heavy atom. The number of ether oxygens (including phenoxy) is 1. The molecule has 194 valence electrons. The lowest BCUT2D eigenvalue weighted by molar-refractivity contribution is -0.142. The van der Waals surface area contributed by atoms with Crippen molar-refractivity contribution in [2.45, 2.75) is 45.2 Å². The van der Waals surface area contributed by atoms with Crippen molar-refractivity contribution in [2.75, 3.05) is 25.5 Å². The first-order chi connectivity index (χ1) is 17.2. The average molecular weight is 535 g/mol. The monoisotopic (exact) mass is 534 g/mol. The van der Waals surface area contributed by atoms with Crippen LogP contribution in [0.4, 0.5) is 10.5 Å². The molecule has 10 heteroatoms. The molecule has 1 unspecified atom stereocenters. The lowest BCUT2D eigenvalue weighted by Gasteiger charge is -2.20. The van der Waals surface area contributed by atoms with Crippen molar-refractivity contribution in [3.63, 3.8) is 0 Å². The van der Waals surface area contributed by atoms with Crippen molar-refractivity contribution in [1.82, 2.24) is 16.0 Å². The maximum atomic E-state index is 13.1. The summed E-state index contributed by atoms with van der Waals surface area (Å²) in [6.45, 7) is 4.71. The fourth-order valence-electron chi connectivity index (χ4n) is 4.07. The Morgan fingerprint density at radius 3 is 2.58 bits per heavy atom. The van der Waals surface area contributed by atoms with Crippen molar-refractivity contribution >= 4 is 46.8 Å². The van der Waals surface area contributed by atoms with Crippen molar-refractivity contribution in [3.05, 3.63) is 63.1 Å². The molecule has 0 aromatic heterocycles. The summed E-state index contributed by atoms with van der Waals surface area (Å²) in [5.74, 6) is -0.867. The zero-order valence-electron chi connectivity index (χ0n) is 20.6. The van der Waals surface area contributed by atoms with E-state index in [1.807, 2.05) is 24.3 Å². The Balaban J connectivity index is 1.64. The summed E-state index contributed by atoms with van der Waals surface area (Å²) in [4.78, 5) is 38.0. The molecule has 2 aromatic carbocycles. The third kappa shape index (κ3) is 7.04. The van der Waals surface area contributed by atoms with E-state index in [2.05, 4.69) is 35.1 Å². The number of nitrogens with one attached hydrogen (secondary N) is 4. The van der Waals surface area contributed by atoms with Gasteiger partial charge in [-0.15, -0.1) is 0 Å². The van der Waals surface area contributed by atoms with E-state index in [0.29, 0.717) is 18.2 Å². The molecule has 2 atom stereocenters. The van der Waals surface area contributed by atoms with Gasteiger partial charge >= 0.3 is 12.0 Å². The second-order valence-electron chi connectivity index (χ2n) is 9.09. The predicted molar refractivity (Wildman–Crippen MR) is 142 cm³/mol. The fraction of sp³-hybridized carbons (Fsp3) is 0.423. The second kappa shape index (κ2) is 12.8. The molecule has 3 rings (SSSR count). The van der Waals surface area contributed by atoms with Gasteiger partial charge in [0.2, 0.25) is 0 Å². The van der Waals surface area contributed by atoms with Gasteiger partial charge in [0.15, 0.2) is 0 Å². The van der Waals surface area contributed by atoms with Crippen LogP contribution in [-0.4, -0.2) is 44.1 Å². The Kier molecular flexibility index (Phi) is 9.84. The average Bonchev–Trinajstić information content (AvgIpc) is 3.25. The van der Waals surface area contributed by atoms with Crippen LogP contribution in [0.25, 0.3) is 0 Å². The molecule has 0 bridgehead atoms. The summed E-state index contributed by atoms with van der Waals surface area (Å²) in [5, 5.41) is 11.6. The van der Waals surface area contributed by atoms with Crippen LogP contribution < -0.4 is 21.3 Å².